The van der Waals surface area contributed by atoms with E-state index < -0.39 is 88.9 Å². The molecule has 3 aromatic heterocycles. The highest BCUT2D eigenvalue weighted by Crippen LogP contribution is 2.62. The molecule has 95 heavy (non-hydrogen) atoms. The number of imidazole rings is 3. The van der Waals surface area contributed by atoms with Gasteiger partial charge in [-0.3, -0.25) is 0 Å². The average Bonchev–Trinajstić information content (AvgIpc) is 1.58. The molecule has 0 amide bonds. The first kappa shape index (κ1) is 66.5. The van der Waals surface area contributed by atoms with E-state index in [9.17, 15) is 60.0 Å². The van der Waals surface area contributed by atoms with Crippen molar-refractivity contribution in [3.8, 4) is 12.1 Å². The predicted molar refractivity (Wildman–Crippen MR) is 336 cm³/mol. The molecular formula is C66H62Br2F8N12O7. The Bertz CT molecular complexity index is 4140. The maximum Gasteiger partial charge on any atom is 0.358 e. The number of aliphatic hydroxyl groups excluding tert-OH is 1. The summed E-state index contributed by atoms with van der Waals surface area (Å²) >= 11 is 6.93. The number of anilines is 4. The lowest BCUT2D eigenvalue weighted by Gasteiger charge is -2.22. The number of hydrogen-bond donors (Lipinski definition) is 2. The quantitative estimate of drug-likeness (QED) is 0.0678. The van der Waals surface area contributed by atoms with Gasteiger partial charge in [0.1, 0.15) is 0 Å². The highest BCUT2D eigenvalue weighted by molar-refractivity contribution is 9.10. The lowest BCUT2D eigenvalue weighted by Crippen LogP contribution is -2.27. The number of nitrogens with zero attached hydrogens (tertiary/aromatic N) is 12. The number of benzene rings is 4. The topological polar surface area (TPSA) is 224 Å². The zero-order valence-corrected chi connectivity index (χ0v) is 54.2. The number of rotatable bonds is 16. The van der Waals surface area contributed by atoms with Crippen LogP contribution >= 0.6 is 31.9 Å². The van der Waals surface area contributed by atoms with Crippen molar-refractivity contribution in [1.82, 2.24) is 28.7 Å². The smallest absolute Gasteiger partial charge is 0.358 e. The highest BCUT2D eigenvalue weighted by atomic mass is 79.9. The first-order valence-electron chi connectivity index (χ1n) is 30.6. The van der Waals surface area contributed by atoms with Gasteiger partial charge < -0.3 is 53.0 Å². The number of fused-ring (bicyclic) bond motifs is 4. The summed E-state index contributed by atoms with van der Waals surface area (Å²) in [5, 5.41) is 36.8. The van der Waals surface area contributed by atoms with Gasteiger partial charge in [0.15, 0.2) is 17.1 Å². The van der Waals surface area contributed by atoms with Crippen molar-refractivity contribution >= 4 is 72.5 Å². The van der Waals surface area contributed by atoms with Crippen LogP contribution in [-0.4, -0.2) is 146 Å². The number of hydrogen-bond acceptors (Lipinski definition) is 15. The van der Waals surface area contributed by atoms with E-state index in [4.69, 9.17) is 19.7 Å². The highest BCUT2D eigenvalue weighted by Gasteiger charge is 2.74. The number of halogens is 10. The molecule has 29 heteroatoms. The van der Waals surface area contributed by atoms with Gasteiger partial charge in [-0.2, -0.15) is 10.5 Å². The summed E-state index contributed by atoms with van der Waals surface area (Å²) in [6.45, 7) is 8.21. The summed E-state index contributed by atoms with van der Waals surface area (Å²) in [6.07, 6.45) is 9.11. The van der Waals surface area contributed by atoms with E-state index in [1.54, 1.807) is 64.5 Å². The molecule has 498 valence electrons. The largest absolute Gasteiger partial charge is 0.476 e. The number of ether oxygens (including phenoxy) is 2. The molecule has 0 spiro atoms. The summed E-state index contributed by atoms with van der Waals surface area (Å²) in [5.74, 6) is -16.2. The Hall–Kier alpha value is -8.54. The molecule has 4 saturated heterocycles. The number of esters is 2. The van der Waals surface area contributed by atoms with Crippen LogP contribution in [0, 0.1) is 70.0 Å². The normalized spacial score (nSPS) is 23.9. The Kier molecular flexibility index (Phi) is 18.1. The molecular weight excluding hydrogens is 1380 g/mol. The molecule has 4 aliphatic heterocycles. The number of aromatic nitrogens is 6. The molecule has 8 aliphatic rings. The standard InChI is InChI=1S/C19H18F2N4O2.C18H18BrF2N3O2.C17H14F2N4O2.C12H12BrF2NO/c1-2-27-18(26)17-10-24(11-23-17)7-12-3-4-14(5-13(12)6-22)25-8-15-16(9-25)19(15,20)21;1-2-26-17(25)16-9-23(10-22-16)6-11-3-4-12(5-15(11)19)24-7-13-14(8-24)18(13,20)21;18-17(19)13-6-23(7-14(13)17)12-2-1-10(11(3-12)4-20)5-22-8-15(16(24)25)21-9-22;13-11-3-8(2-1-7(11)6-17)16-4-9-10(5-16)12(9,14)15/h3-5,10-11,15-16H,2,7-9H2,1H3;3-5,9-10,13-14H,2,6-8H2,1H3;1-3,8-9,13-14H,5-7H2,(H,24,25);1-3,9-10,17H,4-6H2. The second-order valence-corrected chi connectivity index (χ2v) is 26.5. The van der Waals surface area contributed by atoms with Gasteiger partial charge in [0, 0.05) is 122 Å². The molecule has 15 rings (SSSR count). The van der Waals surface area contributed by atoms with E-state index >= 15 is 0 Å². The number of nitriles is 2. The number of aromatic carboxylic acids is 1. The molecule has 2 N–H and O–H groups in total. The van der Waals surface area contributed by atoms with Crippen LogP contribution in [0.3, 0.4) is 0 Å². The van der Waals surface area contributed by atoms with Crippen LogP contribution in [0.2, 0.25) is 0 Å². The van der Waals surface area contributed by atoms with Crippen molar-refractivity contribution in [2.75, 3.05) is 85.2 Å². The van der Waals surface area contributed by atoms with Crippen LogP contribution in [0.4, 0.5) is 57.9 Å². The van der Waals surface area contributed by atoms with Gasteiger partial charge in [0.2, 0.25) is 0 Å². The maximum atomic E-state index is 13.4. The number of carboxylic acids is 1. The van der Waals surface area contributed by atoms with Gasteiger partial charge in [-0.15, -0.1) is 0 Å². The molecule has 8 fully saturated rings. The summed E-state index contributed by atoms with van der Waals surface area (Å²) in [5.41, 5.74) is 8.09. The molecule has 4 aromatic carbocycles. The maximum absolute atomic E-state index is 13.4. The predicted octanol–water partition coefficient (Wildman–Crippen LogP) is 11.1. The van der Waals surface area contributed by atoms with Gasteiger partial charge in [-0.05, 0) is 84.6 Å². The Morgan fingerprint density at radius 2 is 0.768 bits per heavy atom. The van der Waals surface area contributed by atoms with Crippen molar-refractivity contribution in [2.45, 2.75) is 63.8 Å². The van der Waals surface area contributed by atoms with Crippen molar-refractivity contribution in [1.29, 1.82) is 10.5 Å². The zero-order chi connectivity index (χ0) is 67.6. The fourth-order valence-corrected chi connectivity index (χ4v) is 14.2. The fourth-order valence-electron chi connectivity index (χ4n) is 13.3. The second kappa shape index (κ2) is 25.9. The number of carbonyl (C=O) groups excluding carboxylic acids is 2. The van der Waals surface area contributed by atoms with E-state index in [0.29, 0.717) is 89.7 Å². The van der Waals surface area contributed by atoms with Crippen molar-refractivity contribution in [3.63, 3.8) is 0 Å². The van der Waals surface area contributed by atoms with E-state index in [1.807, 2.05) is 74.2 Å². The zero-order valence-electron chi connectivity index (χ0n) is 51.0. The van der Waals surface area contributed by atoms with Gasteiger partial charge in [0.25, 0.3) is 23.7 Å². The molecule has 4 saturated carbocycles. The van der Waals surface area contributed by atoms with Gasteiger partial charge in [-0.1, -0.05) is 56.1 Å². The molecule has 0 radical (unpaired) electrons. The minimum absolute atomic E-state index is 0.0236. The van der Waals surface area contributed by atoms with Crippen LogP contribution in [-0.2, 0) is 35.7 Å². The summed E-state index contributed by atoms with van der Waals surface area (Å²) < 4.78 is 123. The molecule has 7 aromatic rings. The summed E-state index contributed by atoms with van der Waals surface area (Å²) in [7, 11) is 0. The number of carboxylic acid groups (broad SMARTS) is 1. The Morgan fingerprint density at radius 1 is 0.484 bits per heavy atom. The fraction of sp³-hybridized carbons (Fsp3) is 0.424. The van der Waals surface area contributed by atoms with Crippen LogP contribution < -0.4 is 19.6 Å². The Balaban J connectivity index is 0.000000123. The summed E-state index contributed by atoms with van der Waals surface area (Å²) in [4.78, 5) is 53.9. The van der Waals surface area contributed by atoms with Crippen molar-refractivity contribution < 1.29 is 69.2 Å². The lowest BCUT2D eigenvalue weighted by atomic mass is 10.1. The molecule has 7 heterocycles. The van der Waals surface area contributed by atoms with Crippen LogP contribution in [0.5, 0.6) is 0 Å². The molecule has 0 bridgehead atoms. The van der Waals surface area contributed by atoms with E-state index in [-0.39, 0.29) is 30.3 Å². The van der Waals surface area contributed by atoms with E-state index in [0.717, 1.165) is 53.9 Å². The first-order chi connectivity index (χ1) is 45.3. The molecule has 19 nitrogen and oxygen atoms in total. The van der Waals surface area contributed by atoms with Gasteiger partial charge in [0.05, 0.1) is 109 Å². The molecule has 8 unspecified atom stereocenters. The van der Waals surface area contributed by atoms with Crippen LogP contribution in [0.1, 0.15) is 78.7 Å². The average molecular weight is 1450 g/mol. The minimum atomic E-state index is -2.53. The second-order valence-electron chi connectivity index (χ2n) is 24.8. The van der Waals surface area contributed by atoms with Gasteiger partial charge in [-0.25, -0.2) is 64.5 Å². The van der Waals surface area contributed by atoms with E-state index in [2.05, 4.69) is 59.0 Å². The van der Waals surface area contributed by atoms with Crippen molar-refractivity contribution in [3.05, 3.63) is 170 Å². The van der Waals surface area contributed by atoms with Crippen LogP contribution in [0.25, 0.3) is 0 Å². The van der Waals surface area contributed by atoms with Crippen molar-refractivity contribution in [2.24, 2.45) is 47.3 Å². The van der Waals surface area contributed by atoms with Crippen LogP contribution in [0.15, 0.2) is 119 Å². The first-order valence-corrected chi connectivity index (χ1v) is 32.2. The minimum Gasteiger partial charge on any atom is -0.476 e. The SMILES string of the molecule is CCOC(=O)c1cn(Cc2ccc(N3CC4C(C3)C4(F)F)cc2Br)cn1.CCOC(=O)c1cn(Cc2ccc(N3CC4C(C3)C4(F)F)cc2C#N)cn1.N#Cc1cc(N2CC3C(C2)C3(F)F)ccc1Cn1cnc(C(=O)O)c1.OCc1ccc(N2CC3C(C2)C3(F)F)cc1Br. The monoisotopic (exact) mass is 1440 g/mol. The Labute approximate surface area is 556 Å². The number of alkyl halides is 8. The third-order valence-electron chi connectivity index (χ3n) is 19.1. The number of carbonyl (C=O) groups is 3. The third kappa shape index (κ3) is 13.4. The number of aliphatic hydroxyl groups is 1. The van der Waals surface area contributed by atoms with E-state index in [1.165, 1.54) is 18.9 Å². The third-order valence-corrected chi connectivity index (χ3v) is 20.6. The lowest BCUT2D eigenvalue weighted by molar-refractivity contribution is 0.0510. The number of piperidine rings is 4. The molecule has 4 aliphatic carbocycles. The van der Waals surface area contributed by atoms with Gasteiger partial charge >= 0.3 is 17.9 Å². The Morgan fingerprint density at radius 3 is 1.05 bits per heavy atom. The summed E-state index contributed by atoms with van der Waals surface area (Å²) in [6, 6.07) is 26.4. The molecule has 8 atom stereocenters.